The molecule has 2 aromatic rings. The fourth-order valence-corrected chi connectivity index (χ4v) is 3.07. The molecule has 160 valence electrons. The molecule has 2 heterocycles. The molecule has 0 N–H and O–H groups in total. The summed E-state index contributed by atoms with van der Waals surface area (Å²) in [6.07, 6.45) is -2.03. The lowest BCUT2D eigenvalue weighted by Gasteiger charge is -2.23. The van der Waals surface area contributed by atoms with Crippen LogP contribution in [0.15, 0.2) is 51.2 Å². The van der Waals surface area contributed by atoms with Crippen LogP contribution in [0.2, 0.25) is 0 Å². The third-order valence-corrected chi connectivity index (χ3v) is 4.73. The van der Waals surface area contributed by atoms with E-state index < -0.39 is 28.8 Å². The highest BCUT2D eigenvalue weighted by Gasteiger charge is 2.60. The average Bonchev–Trinajstić information content (AvgIpc) is 2.99. The number of aliphatic imine (C=N–C) groups is 2. The van der Waals surface area contributed by atoms with Gasteiger partial charge in [0.15, 0.2) is 0 Å². The van der Waals surface area contributed by atoms with Crippen LogP contribution < -0.4 is 5.56 Å². The molecule has 31 heavy (non-hydrogen) atoms. The van der Waals surface area contributed by atoms with Crippen LogP contribution in [0.3, 0.4) is 0 Å². The van der Waals surface area contributed by atoms with Gasteiger partial charge in [-0.15, -0.1) is 0 Å². The number of rotatable bonds is 4. The van der Waals surface area contributed by atoms with E-state index in [1.165, 1.54) is 24.6 Å². The normalized spacial score (nSPS) is 14.2. The summed E-state index contributed by atoms with van der Waals surface area (Å²) in [5, 5.41) is 9.29. The minimum absolute atomic E-state index is 0.00750. The van der Waals surface area contributed by atoms with Crippen LogP contribution in [-0.4, -0.2) is 29.7 Å². The minimum Gasteiger partial charge on any atom is -0.301 e. The first kappa shape index (κ1) is 22.1. The van der Waals surface area contributed by atoms with E-state index in [0.29, 0.717) is 11.6 Å². The zero-order valence-electron chi connectivity index (χ0n) is 16.1. The lowest BCUT2D eigenvalue weighted by atomic mass is 10.00. The number of pyridine rings is 1. The average molecular weight is 434 g/mol. The maximum Gasteiger partial charge on any atom is 0.458 e. The summed E-state index contributed by atoms with van der Waals surface area (Å²) in [6, 6.07) is 8.64. The molecule has 0 amide bonds. The summed E-state index contributed by atoms with van der Waals surface area (Å²) in [4.78, 5) is 20.9. The Morgan fingerprint density at radius 1 is 1.16 bits per heavy atom. The van der Waals surface area contributed by atoms with Crippen molar-refractivity contribution in [2.75, 3.05) is 6.54 Å². The quantitative estimate of drug-likeness (QED) is 0.676. The largest absolute Gasteiger partial charge is 0.458 e. The molecule has 3 rings (SSSR count). The third-order valence-electron chi connectivity index (χ3n) is 4.73. The van der Waals surface area contributed by atoms with Crippen LogP contribution in [0.4, 0.5) is 22.0 Å². The molecule has 0 saturated heterocycles. The standard InChI is InChI=1S/C21H15F5N4O/c1-13-4-2-3-5-14(13)12-30-18(17-6-7-28-8-9-29-17)10-16(15(11-27)19(30)31)20(22,23)21(24,25)26/h2-6,8-10H,7,12H2,1H3. The maximum absolute atomic E-state index is 14.2. The number of hydrogen-bond acceptors (Lipinski definition) is 4. The van der Waals surface area contributed by atoms with Gasteiger partial charge in [0, 0.05) is 12.4 Å². The highest BCUT2D eigenvalue weighted by molar-refractivity contribution is 6.17. The topological polar surface area (TPSA) is 70.5 Å². The smallest absolute Gasteiger partial charge is 0.301 e. The zero-order chi connectivity index (χ0) is 22.8. The molecule has 0 aliphatic carbocycles. The summed E-state index contributed by atoms with van der Waals surface area (Å²) in [5.41, 5.74) is -3.12. The van der Waals surface area contributed by atoms with Crippen molar-refractivity contribution in [3.63, 3.8) is 0 Å². The van der Waals surface area contributed by atoms with Gasteiger partial charge in [-0.3, -0.25) is 14.8 Å². The predicted molar refractivity (Wildman–Crippen MR) is 105 cm³/mol. The van der Waals surface area contributed by atoms with Crippen LogP contribution in [-0.2, 0) is 12.5 Å². The van der Waals surface area contributed by atoms with Crippen LogP contribution in [0.5, 0.6) is 0 Å². The van der Waals surface area contributed by atoms with Gasteiger partial charge in [-0.2, -0.15) is 27.2 Å². The number of aromatic nitrogens is 1. The van der Waals surface area contributed by atoms with Gasteiger partial charge in [-0.05, 0) is 30.2 Å². The SMILES string of the molecule is Cc1ccccc1Cn1c(C2=CCN=CC=N2)cc(C(F)(F)C(F)(F)F)c(C#N)c1=O. The van der Waals surface area contributed by atoms with E-state index >= 15 is 0 Å². The number of aryl methyl sites for hydroxylation is 1. The van der Waals surface area contributed by atoms with Crippen molar-refractivity contribution in [2.24, 2.45) is 9.98 Å². The van der Waals surface area contributed by atoms with Gasteiger partial charge in [-0.1, -0.05) is 24.3 Å². The monoisotopic (exact) mass is 434 g/mol. The first-order valence-electron chi connectivity index (χ1n) is 8.98. The predicted octanol–water partition coefficient (Wildman–Crippen LogP) is 4.23. The van der Waals surface area contributed by atoms with Gasteiger partial charge in [0.1, 0.15) is 11.6 Å². The Hall–Kier alpha value is -3.61. The van der Waals surface area contributed by atoms with Crippen LogP contribution in [0.25, 0.3) is 5.70 Å². The highest BCUT2D eigenvalue weighted by atomic mass is 19.4. The first-order chi connectivity index (χ1) is 14.6. The molecule has 10 heteroatoms. The van der Waals surface area contributed by atoms with E-state index in [2.05, 4.69) is 9.98 Å². The van der Waals surface area contributed by atoms with Crippen molar-refractivity contribution >= 4 is 18.1 Å². The van der Waals surface area contributed by atoms with Crippen LogP contribution in [0, 0.1) is 18.3 Å². The molecule has 0 fully saturated rings. The van der Waals surface area contributed by atoms with Crippen LogP contribution >= 0.6 is 0 Å². The molecule has 0 atom stereocenters. The summed E-state index contributed by atoms with van der Waals surface area (Å²) in [5.74, 6) is -5.40. The molecule has 0 unspecified atom stereocenters. The minimum atomic E-state index is -5.99. The van der Waals surface area contributed by atoms with Gasteiger partial charge in [0.05, 0.1) is 30.0 Å². The van der Waals surface area contributed by atoms with Crippen molar-refractivity contribution < 1.29 is 22.0 Å². The number of nitriles is 1. The first-order valence-corrected chi connectivity index (χ1v) is 8.98. The Kier molecular flexibility index (Phi) is 5.88. The number of alkyl halides is 5. The summed E-state index contributed by atoms with van der Waals surface area (Å²) >= 11 is 0. The molecule has 1 aromatic heterocycles. The molecular formula is C21H15F5N4O. The van der Waals surface area contributed by atoms with Gasteiger partial charge < -0.3 is 4.57 Å². The fourth-order valence-electron chi connectivity index (χ4n) is 3.07. The Morgan fingerprint density at radius 3 is 2.52 bits per heavy atom. The second-order valence-electron chi connectivity index (χ2n) is 6.70. The molecule has 0 radical (unpaired) electrons. The zero-order valence-corrected chi connectivity index (χ0v) is 16.1. The van der Waals surface area contributed by atoms with E-state index in [4.69, 9.17) is 0 Å². The molecule has 1 aliphatic heterocycles. The Labute approximate surface area is 173 Å². The number of nitrogens with zero attached hydrogens (tertiary/aromatic N) is 4. The second-order valence-corrected chi connectivity index (χ2v) is 6.70. The Bertz CT molecular complexity index is 1200. The van der Waals surface area contributed by atoms with E-state index in [0.717, 1.165) is 10.1 Å². The van der Waals surface area contributed by atoms with Crippen molar-refractivity contribution in [3.05, 3.63) is 74.7 Å². The molecule has 5 nitrogen and oxygen atoms in total. The molecule has 1 aromatic carbocycles. The van der Waals surface area contributed by atoms with E-state index in [9.17, 15) is 32.0 Å². The van der Waals surface area contributed by atoms with E-state index in [-0.39, 0.29) is 24.5 Å². The Morgan fingerprint density at radius 2 is 1.87 bits per heavy atom. The lowest BCUT2D eigenvalue weighted by Crippen LogP contribution is -2.38. The maximum atomic E-state index is 14.2. The second kappa shape index (κ2) is 8.26. The van der Waals surface area contributed by atoms with Gasteiger partial charge in [-0.25, -0.2) is 0 Å². The molecule has 0 saturated carbocycles. The molecular weight excluding hydrogens is 419 g/mol. The number of halogens is 5. The van der Waals surface area contributed by atoms with Gasteiger partial charge >= 0.3 is 12.1 Å². The third kappa shape index (κ3) is 4.17. The van der Waals surface area contributed by atoms with Crippen molar-refractivity contribution in [2.45, 2.75) is 25.6 Å². The summed E-state index contributed by atoms with van der Waals surface area (Å²) < 4.78 is 68.7. The van der Waals surface area contributed by atoms with E-state index in [1.54, 1.807) is 31.2 Å². The number of benzene rings is 1. The van der Waals surface area contributed by atoms with Crippen LogP contribution in [0.1, 0.15) is 27.9 Å². The molecule has 0 spiro atoms. The molecule has 0 bridgehead atoms. The number of hydrogen-bond donors (Lipinski definition) is 0. The van der Waals surface area contributed by atoms with Gasteiger partial charge in [0.2, 0.25) is 0 Å². The lowest BCUT2D eigenvalue weighted by molar-refractivity contribution is -0.289. The van der Waals surface area contributed by atoms with Crippen molar-refractivity contribution in [1.29, 1.82) is 5.26 Å². The molecule has 1 aliphatic rings. The van der Waals surface area contributed by atoms with Crippen molar-refractivity contribution in [3.8, 4) is 6.07 Å². The fraction of sp³-hybridized carbons (Fsp3) is 0.238. The van der Waals surface area contributed by atoms with E-state index in [1.807, 2.05) is 0 Å². The summed E-state index contributed by atoms with van der Waals surface area (Å²) in [6.45, 7) is 1.69. The van der Waals surface area contributed by atoms with Crippen molar-refractivity contribution in [1.82, 2.24) is 4.57 Å². The van der Waals surface area contributed by atoms with Gasteiger partial charge in [0.25, 0.3) is 5.56 Å². The Balaban J connectivity index is 2.34. The highest BCUT2D eigenvalue weighted by Crippen LogP contribution is 2.45. The summed E-state index contributed by atoms with van der Waals surface area (Å²) in [7, 11) is 0.